The van der Waals surface area contributed by atoms with E-state index in [1.165, 1.54) is 12.1 Å². The van der Waals surface area contributed by atoms with E-state index in [1.54, 1.807) is 6.07 Å². The Morgan fingerprint density at radius 2 is 2.05 bits per heavy atom. The van der Waals surface area contributed by atoms with Crippen LogP contribution < -0.4 is 10.5 Å². The lowest BCUT2D eigenvalue weighted by Gasteiger charge is -2.15. The van der Waals surface area contributed by atoms with Gasteiger partial charge in [-0.1, -0.05) is 33.6 Å². The Hall–Kier alpha value is -1.10. The van der Waals surface area contributed by atoms with Crippen LogP contribution in [-0.4, -0.2) is 0 Å². The van der Waals surface area contributed by atoms with Crippen molar-refractivity contribution < 1.29 is 9.13 Å². The molecule has 2 aromatic rings. The summed E-state index contributed by atoms with van der Waals surface area (Å²) in [7, 11) is 0. The minimum absolute atomic E-state index is 0.0998. The average Bonchev–Trinajstić information content (AvgIpc) is 2.39. The fraction of sp³-hybridized carbons (Fsp3) is 0.200. The largest absolute Gasteiger partial charge is 0.488 e. The monoisotopic (exact) mass is 357 g/mol. The van der Waals surface area contributed by atoms with Crippen molar-refractivity contribution in [3.63, 3.8) is 0 Å². The molecular weight excluding hydrogens is 345 g/mol. The van der Waals surface area contributed by atoms with Crippen LogP contribution in [0, 0.1) is 5.82 Å². The first-order valence-electron chi connectivity index (χ1n) is 6.09. The molecule has 0 spiro atoms. The predicted octanol–water partition coefficient (Wildman–Crippen LogP) is 4.84. The van der Waals surface area contributed by atoms with Gasteiger partial charge in [-0.05, 0) is 37.3 Å². The molecule has 0 saturated carbocycles. The van der Waals surface area contributed by atoms with E-state index in [2.05, 4.69) is 15.9 Å². The van der Waals surface area contributed by atoms with E-state index in [-0.39, 0.29) is 18.5 Å². The van der Waals surface area contributed by atoms with Crippen molar-refractivity contribution in [2.45, 2.75) is 19.6 Å². The molecule has 20 heavy (non-hydrogen) atoms. The maximum atomic E-state index is 13.6. The van der Waals surface area contributed by atoms with Gasteiger partial charge >= 0.3 is 0 Å². The normalized spacial score (nSPS) is 12.2. The van der Waals surface area contributed by atoms with Gasteiger partial charge in [0.05, 0.1) is 0 Å². The van der Waals surface area contributed by atoms with Crippen molar-refractivity contribution in [3.8, 4) is 5.75 Å². The Morgan fingerprint density at radius 3 is 2.75 bits per heavy atom. The van der Waals surface area contributed by atoms with Gasteiger partial charge in [-0.25, -0.2) is 4.39 Å². The summed E-state index contributed by atoms with van der Waals surface area (Å²) in [6.07, 6.45) is 0. The molecule has 0 amide bonds. The van der Waals surface area contributed by atoms with Crippen LogP contribution in [0.5, 0.6) is 5.75 Å². The van der Waals surface area contributed by atoms with Crippen LogP contribution in [0.3, 0.4) is 0 Å². The summed E-state index contributed by atoms with van der Waals surface area (Å²) in [6, 6.07) is 9.83. The number of rotatable bonds is 4. The van der Waals surface area contributed by atoms with Crippen LogP contribution in [0.25, 0.3) is 0 Å². The number of nitrogens with two attached hydrogens (primary N) is 1. The zero-order valence-electron chi connectivity index (χ0n) is 10.9. The minimum atomic E-state index is -0.341. The molecule has 0 aromatic heterocycles. The van der Waals surface area contributed by atoms with Gasteiger partial charge in [-0.3, -0.25) is 0 Å². The van der Waals surface area contributed by atoms with Crippen LogP contribution in [0.2, 0.25) is 5.02 Å². The molecule has 1 atom stereocenters. The summed E-state index contributed by atoms with van der Waals surface area (Å²) >= 11 is 9.24. The van der Waals surface area contributed by atoms with Gasteiger partial charge in [0, 0.05) is 26.7 Å². The Kier molecular flexibility index (Phi) is 5.02. The maximum Gasteiger partial charge on any atom is 0.129 e. The summed E-state index contributed by atoms with van der Waals surface area (Å²) in [4.78, 5) is 0. The fourth-order valence-electron chi connectivity index (χ4n) is 1.82. The standard InChI is InChI=1S/C15H14BrClFNO/c1-9(19)13-4-2-11(16)7-15(13)20-8-10-6-12(17)3-5-14(10)18/h2-7,9H,8,19H2,1H3/t9-/m0/s1. The summed E-state index contributed by atoms with van der Waals surface area (Å²) in [6.45, 7) is 1.97. The zero-order chi connectivity index (χ0) is 14.7. The van der Waals surface area contributed by atoms with Crippen molar-refractivity contribution in [1.29, 1.82) is 0 Å². The second-order valence-corrected chi connectivity index (χ2v) is 5.85. The number of hydrogen-bond donors (Lipinski definition) is 1. The van der Waals surface area contributed by atoms with E-state index >= 15 is 0 Å². The van der Waals surface area contributed by atoms with E-state index in [0.29, 0.717) is 16.3 Å². The Bertz CT molecular complexity index is 619. The molecule has 0 heterocycles. The third kappa shape index (κ3) is 3.72. The molecule has 0 aliphatic rings. The molecule has 0 radical (unpaired) electrons. The molecule has 0 bridgehead atoms. The van der Waals surface area contributed by atoms with E-state index in [0.717, 1.165) is 10.0 Å². The SMILES string of the molecule is C[C@H](N)c1ccc(Br)cc1OCc1cc(Cl)ccc1F. The molecule has 5 heteroatoms. The molecule has 0 saturated heterocycles. The zero-order valence-corrected chi connectivity index (χ0v) is 13.2. The molecule has 106 valence electrons. The first-order chi connectivity index (χ1) is 9.47. The highest BCUT2D eigenvalue weighted by molar-refractivity contribution is 9.10. The van der Waals surface area contributed by atoms with Crippen molar-refractivity contribution in [2.24, 2.45) is 5.73 Å². The molecule has 2 nitrogen and oxygen atoms in total. The van der Waals surface area contributed by atoms with Crippen LogP contribution in [-0.2, 0) is 6.61 Å². The Balaban J connectivity index is 2.22. The predicted molar refractivity (Wildman–Crippen MR) is 82.5 cm³/mol. The van der Waals surface area contributed by atoms with E-state index in [1.807, 2.05) is 25.1 Å². The highest BCUT2D eigenvalue weighted by Crippen LogP contribution is 2.28. The average molecular weight is 359 g/mol. The molecule has 0 aliphatic carbocycles. The van der Waals surface area contributed by atoms with Crippen molar-refractivity contribution >= 4 is 27.5 Å². The summed E-state index contributed by atoms with van der Waals surface area (Å²) in [5.41, 5.74) is 7.18. The number of hydrogen-bond acceptors (Lipinski definition) is 2. The van der Waals surface area contributed by atoms with Gasteiger partial charge in [0.25, 0.3) is 0 Å². The van der Waals surface area contributed by atoms with Gasteiger partial charge in [-0.2, -0.15) is 0 Å². The lowest BCUT2D eigenvalue weighted by molar-refractivity contribution is 0.295. The Morgan fingerprint density at radius 1 is 1.30 bits per heavy atom. The smallest absolute Gasteiger partial charge is 0.129 e. The first-order valence-corrected chi connectivity index (χ1v) is 7.26. The van der Waals surface area contributed by atoms with Gasteiger partial charge < -0.3 is 10.5 Å². The molecule has 2 aromatic carbocycles. The lowest BCUT2D eigenvalue weighted by Crippen LogP contribution is -2.08. The molecule has 2 rings (SSSR count). The quantitative estimate of drug-likeness (QED) is 0.848. The number of benzene rings is 2. The molecule has 2 N–H and O–H groups in total. The van der Waals surface area contributed by atoms with E-state index in [4.69, 9.17) is 22.1 Å². The topological polar surface area (TPSA) is 35.2 Å². The minimum Gasteiger partial charge on any atom is -0.488 e. The highest BCUT2D eigenvalue weighted by Gasteiger charge is 2.10. The second kappa shape index (κ2) is 6.57. The van der Waals surface area contributed by atoms with Gasteiger partial charge in [0.15, 0.2) is 0 Å². The maximum absolute atomic E-state index is 13.6. The van der Waals surface area contributed by atoms with Crippen molar-refractivity contribution in [3.05, 3.63) is 62.8 Å². The summed E-state index contributed by atoms with van der Waals surface area (Å²) < 4.78 is 20.2. The van der Waals surface area contributed by atoms with Crippen molar-refractivity contribution in [2.75, 3.05) is 0 Å². The second-order valence-electron chi connectivity index (χ2n) is 4.50. The third-order valence-corrected chi connectivity index (χ3v) is 3.59. The summed E-state index contributed by atoms with van der Waals surface area (Å²) in [5, 5.41) is 0.478. The van der Waals surface area contributed by atoms with E-state index in [9.17, 15) is 4.39 Å². The van der Waals surface area contributed by atoms with Crippen LogP contribution >= 0.6 is 27.5 Å². The fourth-order valence-corrected chi connectivity index (χ4v) is 2.35. The van der Waals surface area contributed by atoms with Crippen LogP contribution in [0.15, 0.2) is 40.9 Å². The molecule has 0 aliphatic heterocycles. The lowest BCUT2D eigenvalue weighted by atomic mass is 10.1. The molecule has 0 unspecified atom stereocenters. The van der Waals surface area contributed by atoms with Gasteiger partial charge in [-0.15, -0.1) is 0 Å². The van der Waals surface area contributed by atoms with Gasteiger partial charge in [0.2, 0.25) is 0 Å². The number of halogens is 3. The van der Waals surface area contributed by atoms with E-state index < -0.39 is 0 Å². The first kappa shape index (κ1) is 15.3. The molecule has 0 fully saturated rings. The van der Waals surface area contributed by atoms with Gasteiger partial charge in [0.1, 0.15) is 18.2 Å². The van der Waals surface area contributed by atoms with Crippen LogP contribution in [0.1, 0.15) is 24.1 Å². The van der Waals surface area contributed by atoms with Crippen LogP contribution in [0.4, 0.5) is 4.39 Å². The van der Waals surface area contributed by atoms with Crippen molar-refractivity contribution in [1.82, 2.24) is 0 Å². The Labute approximate surface area is 130 Å². The summed E-state index contributed by atoms with van der Waals surface area (Å²) in [5.74, 6) is 0.292. The highest BCUT2D eigenvalue weighted by atomic mass is 79.9. The molecular formula is C15H14BrClFNO. The number of ether oxygens (including phenoxy) is 1. The third-order valence-electron chi connectivity index (χ3n) is 2.86.